The number of amides is 1. The highest BCUT2D eigenvalue weighted by atomic mass is 16.5. The fraction of sp³-hybridized carbons (Fsp3) is 0.909. The number of hydrogen-bond donors (Lipinski definition) is 5. The summed E-state index contributed by atoms with van der Waals surface area (Å²) in [4.78, 5) is 18.6. The van der Waals surface area contributed by atoms with E-state index in [1.165, 1.54) is 0 Å². The van der Waals surface area contributed by atoms with E-state index in [0.717, 1.165) is 65.4 Å². The van der Waals surface area contributed by atoms with Gasteiger partial charge in [-0.05, 0) is 19.9 Å². The van der Waals surface area contributed by atoms with Crippen LogP contribution in [-0.2, 0) is 9.53 Å². The molecule has 5 saturated heterocycles. The minimum absolute atomic E-state index is 0.00531. The number of ether oxygens (including phenoxy) is 1. The second-order valence-corrected chi connectivity index (χ2v) is 10.3. The topological polar surface area (TPSA) is 134 Å². The van der Waals surface area contributed by atoms with Gasteiger partial charge in [0.05, 0.1) is 49.6 Å². The minimum Gasteiger partial charge on any atom is -0.378 e. The Kier molecular flexibility index (Phi) is 7.15. The van der Waals surface area contributed by atoms with E-state index in [-0.39, 0.29) is 35.9 Å². The number of carbonyl (C=O) groups excluding carboxylic acids is 1. The first-order valence-corrected chi connectivity index (χ1v) is 12.5. The molecule has 7 atom stereocenters. The monoisotopic (exact) mass is 461 g/mol. The Labute approximate surface area is 196 Å². The van der Waals surface area contributed by atoms with Crippen molar-refractivity contribution in [2.24, 2.45) is 23.5 Å². The second-order valence-electron chi connectivity index (χ2n) is 10.3. The summed E-state index contributed by atoms with van der Waals surface area (Å²) in [5, 5.41) is 21.6. The molecule has 0 aliphatic carbocycles. The number of nitrogens with zero attached hydrogens (tertiary/aromatic N) is 4. The van der Waals surface area contributed by atoms with Crippen LogP contribution in [0.1, 0.15) is 13.3 Å². The van der Waals surface area contributed by atoms with Crippen LogP contribution < -0.4 is 27.1 Å². The summed E-state index contributed by atoms with van der Waals surface area (Å²) in [6.07, 6.45) is 0.445. The summed E-state index contributed by atoms with van der Waals surface area (Å²) in [5.74, 6) is -0.201. The maximum atomic E-state index is 13.4. The van der Waals surface area contributed by atoms with Gasteiger partial charge in [-0.2, -0.15) is 5.26 Å². The standard InChI is InChI=1S/C22H39N9O2/c1-14(8-23)15-9-26-21-19(20(24)28-31(21)11-15)22(32)27-17-10-25-3-2-18(17)30-6-4-29(5-7-30)16-12-33-13-16/h14-21,25-26,28H,2-7,9-13,24H2,1H3,(H,27,32). The SMILES string of the molecule is CC(C#N)C1CNC2C(C(=O)NC3CNCCC3N3CCN(C4COC4)CC3)C(N)NN2C1. The van der Waals surface area contributed by atoms with Crippen LogP contribution in [0.4, 0.5) is 0 Å². The number of piperazine rings is 1. The molecule has 5 fully saturated rings. The Hall–Kier alpha value is -1.36. The van der Waals surface area contributed by atoms with E-state index in [4.69, 9.17) is 10.5 Å². The highest BCUT2D eigenvalue weighted by molar-refractivity contribution is 5.81. The Balaban J connectivity index is 1.18. The summed E-state index contributed by atoms with van der Waals surface area (Å²) in [7, 11) is 0. The lowest BCUT2D eigenvalue weighted by Gasteiger charge is -2.47. The largest absolute Gasteiger partial charge is 0.378 e. The van der Waals surface area contributed by atoms with E-state index in [2.05, 4.69) is 37.2 Å². The Morgan fingerprint density at radius 2 is 1.97 bits per heavy atom. The maximum absolute atomic E-state index is 13.4. The molecule has 184 valence electrons. The predicted molar refractivity (Wildman–Crippen MR) is 122 cm³/mol. The van der Waals surface area contributed by atoms with E-state index in [1.807, 2.05) is 11.9 Å². The van der Waals surface area contributed by atoms with Gasteiger partial charge >= 0.3 is 0 Å². The van der Waals surface area contributed by atoms with Crippen LogP contribution in [0.5, 0.6) is 0 Å². The highest BCUT2D eigenvalue weighted by Gasteiger charge is 2.48. The van der Waals surface area contributed by atoms with Gasteiger partial charge in [0.25, 0.3) is 0 Å². The third-order valence-corrected chi connectivity index (χ3v) is 8.34. The predicted octanol–water partition coefficient (Wildman–Crippen LogP) is -2.72. The summed E-state index contributed by atoms with van der Waals surface area (Å²) in [6, 6.07) is 3.35. The van der Waals surface area contributed by atoms with E-state index in [9.17, 15) is 10.1 Å². The van der Waals surface area contributed by atoms with Gasteiger partial charge in [0.2, 0.25) is 5.91 Å². The van der Waals surface area contributed by atoms with Gasteiger partial charge < -0.3 is 21.1 Å². The molecule has 11 heteroatoms. The number of nitrogens with two attached hydrogens (primary N) is 1. The van der Waals surface area contributed by atoms with E-state index in [0.29, 0.717) is 18.6 Å². The van der Waals surface area contributed by atoms with Crippen LogP contribution in [0.2, 0.25) is 0 Å². The van der Waals surface area contributed by atoms with Crippen molar-refractivity contribution in [3.05, 3.63) is 0 Å². The molecule has 0 aromatic heterocycles. The number of hydrogen-bond acceptors (Lipinski definition) is 10. The van der Waals surface area contributed by atoms with Gasteiger partial charge in [-0.25, -0.2) is 10.4 Å². The number of nitrogens with one attached hydrogen (secondary N) is 4. The molecule has 11 nitrogen and oxygen atoms in total. The third-order valence-electron chi connectivity index (χ3n) is 8.34. The van der Waals surface area contributed by atoms with E-state index >= 15 is 0 Å². The molecule has 1 amide bonds. The van der Waals surface area contributed by atoms with Crippen molar-refractivity contribution < 1.29 is 9.53 Å². The van der Waals surface area contributed by atoms with Crippen molar-refractivity contribution in [1.82, 2.24) is 36.2 Å². The Morgan fingerprint density at radius 1 is 1.21 bits per heavy atom. The molecule has 0 aromatic rings. The molecular formula is C22H39N9O2. The average Bonchev–Trinajstić information content (AvgIpc) is 3.13. The van der Waals surface area contributed by atoms with Gasteiger partial charge in [0, 0.05) is 63.7 Å². The van der Waals surface area contributed by atoms with Crippen molar-refractivity contribution in [3.63, 3.8) is 0 Å². The first-order valence-electron chi connectivity index (χ1n) is 12.5. The number of nitriles is 1. The number of piperidine rings is 1. The Morgan fingerprint density at radius 3 is 2.67 bits per heavy atom. The summed E-state index contributed by atoms with van der Waals surface area (Å²) in [5.41, 5.74) is 9.65. The quantitative estimate of drug-likeness (QED) is 0.294. The first kappa shape index (κ1) is 23.4. The van der Waals surface area contributed by atoms with Crippen LogP contribution in [0, 0.1) is 29.1 Å². The highest BCUT2D eigenvalue weighted by Crippen LogP contribution is 2.26. The molecule has 6 N–H and O–H groups in total. The van der Waals surface area contributed by atoms with Crippen LogP contribution in [0.25, 0.3) is 0 Å². The lowest BCUT2D eigenvalue weighted by molar-refractivity contribution is -0.128. The molecule has 7 unspecified atom stereocenters. The van der Waals surface area contributed by atoms with Gasteiger partial charge in [-0.3, -0.25) is 19.9 Å². The summed E-state index contributed by atoms with van der Waals surface area (Å²) >= 11 is 0. The first-order chi connectivity index (χ1) is 16.0. The van der Waals surface area contributed by atoms with Crippen molar-refractivity contribution >= 4 is 5.91 Å². The summed E-state index contributed by atoms with van der Waals surface area (Å²) < 4.78 is 5.36. The number of fused-ring (bicyclic) bond motifs is 1. The zero-order valence-electron chi connectivity index (χ0n) is 19.6. The molecule has 33 heavy (non-hydrogen) atoms. The molecular weight excluding hydrogens is 422 g/mol. The molecule has 5 heterocycles. The van der Waals surface area contributed by atoms with Crippen molar-refractivity contribution in [1.29, 1.82) is 5.26 Å². The van der Waals surface area contributed by atoms with Crippen LogP contribution in [0.3, 0.4) is 0 Å². The fourth-order valence-electron chi connectivity index (χ4n) is 6.06. The molecule has 0 aromatic carbocycles. The molecule has 0 saturated carbocycles. The Bertz CT molecular complexity index is 736. The summed E-state index contributed by atoms with van der Waals surface area (Å²) in [6.45, 7) is 11.1. The van der Waals surface area contributed by atoms with Crippen molar-refractivity contribution in [2.45, 2.75) is 43.8 Å². The van der Waals surface area contributed by atoms with Crippen molar-refractivity contribution in [3.8, 4) is 6.07 Å². The molecule has 0 bridgehead atoms. The smallest absolute Gasteiger partial charge is 0.229 e. The fourth-order valence-corrected chi connectivity index (χ4v) is 6.06. The average molecular weight is 462 g/mol. The second kappa shape index (κ2) is 10.1. The molecule has 0 radical (unpaired) electrons. The van der Waals surface area contributed by atoms with Crippen LogP contribution >= 0.6 is 0 Å². The zero-order valence-corrected chi connectivity index (χ0v) is 19.6. The van der Waals surface area contributed by atoms with Gasteiger partial charge in [-0.1, -0.05) is 0 Å². The van der Waals surface area contributed by atoms with Gasteiger partial charge in [0.1, 0.15) is 0 Å². The van der Waals surface area contributed by atoms with Crippen molar-refractivity contribution in [2.75, 3.05) is 65.6 Å². The normalized spacial score (nSPS) is 39.9. The number of rotatable bonds is 5. The maximum Gasteiger partial charge on any atom is 0.229 e. The lowest BCUT2D eigenvalue weighted by atomic mass is 9.91. The third kappa shape index (κ3) is 4.76. The molecule has 5 rings (SSSR count). The van der Waals surface area contributed by atoms with Gasteiger partial charge in [0.15, 0.2) is 0 Å². The minimum atomic E-state index is -0.443. The van der Waals surface area contributed by atoms with Crippen LogP contribution in [-0.4, -0.2) is 117 Å². The number of hydrazine groups is 1. The molecule has 5 aliphatic rings. The lowest BCUT2D eigenvalue weighted by Crippen LogP contribution is -2.65. The van der Waals surface area contributed by atoms with Crippen LogP contribution in [0.15, 0.2) is 0 Å². The van der Waals surface area contributed by atoms with E-state index in [1.54, 1.807) is 0 Å². The van der Waals surface area contributed by atoms with Gasteiger partial charge in [-0.15, -0.1) is 0 Å². The molecule has 0 spiro atoms. The molecule has 5 aliphatic heterocycles. The van der Waals surface area contributed by atoms with E-state index < -0.39 is 6.17 Å². The number of carbonyl (C=O) groups is 1. The zero-order chi connectivity index (χ0) is 22.9.